The molecule has 16 heavy (non-hydrogen) atoms. The van der Waals surface area contributed by atoms with Crippen LogP contribution in [0.25, 0.3) is 0 Å². The summed E-state index contributed by atoms with van der Waals surface area (Å²) < 4.78 is 0. The van der Waals surface area contributed by atoms with Gasteiger partial charge in [-0.2, -0.15) is 0 Å². The maximum atomic E-state index is 11.7. The summed E-state index contributed by atoms with van der Waals surface area (Å²) in [5.41, 5.74) is 1.01. The summed E-state index contributed by atoms with van der Waals surface area (Å²) in [6, 6.07) is 7.84. The number of amides is 1. The van der Waals surface area contributed by atoms with E-state index < -0.39 is 0 Å². The van der Waals surface area contributed by atoms with Crippen molar-refractivity contribution in [2.75, 3.05) is 0 Å². The number of hydrogen-bond donors (Lipinski definition) is 1. The van der Waals surface area contributed by atoms with E-state index in [2.05, 4.69) is 5.32 Å². The Hall–Kier alpha value is -1.02. The molecule has 2 nitrogen and oxygen atoms in total. The van der Waals surface area contributed by atoms with Crippen LogP contribution in [0.5, 0.6) is 0 Å². The molecular weight excluding hydrogens is 222 g/mol. The Balaban J connectivity index is 1.84. The first kappa shape index (κ1) is 11.5. The molecular formula is C13H16ClNO. The third-order valence-electron chi connectivity index (χ3n) is 3.00. The molecule has 0 spiro atoms. The maximum Gasteiger partial charge on any atom is 0.224 e. The quantitative estimate of drug-likeness (QED) is 0.861. The molecule has 0 radical (unpaired) electrons. The van der Waals surface area contributed by atoms with E-state index in [0.29, 0.717) is 17.5 Å². The molecule has 1 aliphatic carbocycles. The van der Waals surface area contributed by atoms with Gasteiger partial charge < -0.3 is 5.32 Å². The van der Waals surface area contributed by atoms with Crippen molar-refractivity contribution in [3.8, 4) is 0 Å². The van der Waals surface area contributed by atoms with Crippen LogP contribution in [-0.2, 0) is 11.2 Å². The number of benzene rings is 1. The van der Waals surface area contributed by atoms with Crippen LogP contribution in [-0.4, -0.2) is 11.9 Å². The highest BCUT2D eigenvalue weighted by Crippen LogP contribution is 2.17. The number of halogens is 1. The Labute approximate surface area is 101 Å². The molecule has 0 aromatic heterocycles. The molecule has 1 aliphatic rings. The van der Waals surface area contributed by atoms with Gasteiger partial charge in [0.15, 0.2) is 0 Å². The zero-order valence-corrected chi connectivity index (χ0v) is 9.96. The van der Waals surface area contributed by atoms with Gasteiger partial charge in [-0.05, 0) is 30.5 Å². The van der Waals surface area contributed by atoms with Crippen LogP contribution >= 0.6 is 11.6 Å². The smallest absolute Gasteiger partial charge is 0.224 e. The van der Waals surface area contributed by atoms with Gasteiger partial charge in [0.2, 0.25) is 5.91 Å². The zero-order valence-electron chi connectivity index (χ0n) is 9.21. The molecule has 2 rings (SSSR count). The lowest BCUT2D eigenvalue weighted by atomic mass is 10.1. The predicted octanol–water partition coefficient (Wildman–Crippen LogP) is 2.94. The number of carbonyl (C=O) groups excluding carboxylic acids is 1. The van der Waals surface area contributed by atoms with E-state index in [9.17, 15) is 4.79 Å². The molecule has 1 saturated carbocycles. The van der Waals surface area contributed by atoms with Gasteiger partial charge in [-0.3, -0.25) is 4.79 Å². The molecule has 1 aromatic rings. The molecule has 86 valence electrons. The summed E-state index contributed by atoms with van der Waals surface area (Å²) in [5.74, 6) is 0.120. The normalized spacial score (nSPS) is 16.3. The standard InChI is InChI=1S/C13H16ClNO/c14-11-7-5-10(6-8-11)9-13(16)15-12-3-1-2-4-12/h5-8,12H,1-4,9H2,(H,15,16). The lowest BCUT2D eigenvalue weighted by Crippen LogP contribution is -2.33. The molecule has 3 heteroatoms. The van der Waals surface area contributed by atoms with Gasteiger partial charge in [0, 0.05) is 11.1 Å². The SMILES string of the molecule is O=C(Cc1ccc(Cl)cc1)NC1CCCC1. The average molecular weight is 238 g/mol. The van der Waals surface area contributed by atoms with E-state index in [1.54, 1.807) is 0 Å². The van der Waals surface area contributed by atoms with E-state index in [1.807, 2.05) is 24.3 Å². The van der Waals surface area contributed by atoms with E-state index >= 15 is 0 Å². The summed E-state index contributed by atoms with van der Waals surface area (Å²) >= 11 is 5.79. The van der Waals surface area contributed by atoms with Crippen molar-refractivity contribution < 1.29 is 4.79 Å². The van der Waals surface area contributed by atoms with Crippen molar-refractivity contribution in [2.45, 2.75) is 38.1 Å². The van der Waals surface area contributed by atoms with Gasteiger partial charge in [-0.25, -0.2) is 0 Å². The van der Waals surface area contributed by atoms with E-state index in [-0.39, 0.29) is 5.91 Å². The minimum atomic E-state index is 0.120. The Morgan fingerprint density at radius 1 is 1.25 bits per heavy atom. The topological polar surface area (TPSA) is 29.1 Å². The zero-order chi connectivity index (χ0) is 11.4. The Bertz CT molecular complexity index is 355. The fourth-order valence-electron chi connectivity index (χ4n) is 2.14. The first-order valence-corrected chi connectivity index (χ1v) is 6.15. The number of hydrogen-bond acceptors (Lipinski definition) is 1. The molecule has 0 saturated heterocycles. The number of nitrogens with one attached hydrogen (secondary N) is 1. The molecule has 0 aliphatic heterocycles. The highest BCUT2D eigenvalue weighted by Gasteiger charge is 2.16. The van der Waals surface area contributed by atoms with Crippen LogP contribution in [0.4, 0.5) is 0 Å². The van der Waals surface area contributed by atoms with Gasteiger partial charge in [0.1, 0.15) is 0 Å². The van der Waals surface area contributed by atoms with Crippen molar-refractivity contribution >= 4 is 17.5 Å². The van der Waals surface area contributed by atoms with Gasteiger partial charge >= 0.3 is 0 Å². The van der Waals surface area contributed by atoms with Crippen LogP contribution in [0.15, 0.2) is 24.3 Å². The Morgan fingerprint density at radius 3 is 2.50 bits per heavy atom. The predicted molar refractivity (Wildman–Crippen MR) is 65.6 cm³/mol. The van der Waals surface area contributed by atoms with Crippen LogP contribution in [0, 0.1) is 0 Å². The molecule has 0 bridgehead atoms. The van der Waals surface area contributed by atoms with Crippen molar-refractivity contribution in [3.63, 3.8) is 0 Å². The maximum absolute atomic E-state index is 11.7. The second-order valence-corrected chi connectivity index (χ2v) is 4.79. The lowest BCUT2D eigenvalue weighted by Gasteiger charge is -2.11. The van der Waals surface area contributed by atoms with Crippen LogP contribution < -0.4 is 5.32 Å². The third-order valence-corrected chi connectivity index (χ3v) is 3.25. The number of carbonyl (C=O) groups is 1. The van der Waals surface area contributed by atoms with Crippen LogP contribution in [0.1, 0.15) is 31.2 Å². The minimum Gasteiger partial charge on any atom is -0.353 e. The summed E-state index contributed by atoms with van der Waals surface area (Å²) in [7, 11) is 0. The van der Waals surface area contributed by atoms with E-state index in [1.165, 1.54) is 12.8 Å². The van der Waals surface area contributed by atoms with Gasteiger partial charge in [0.05, 0.1) is 6.42 Å². The highest BCUT2D eigenvalue weighted by atomic mass is 35.5. The molecule has 1 amide bonds. The fourth-order valence-corrected chi connectivity index (χ4v) is 2.26. The molecule has 1 aromatic carbocycles. The summed E-state index contributed by atoms with van der Waals surface area (Å²) in [6.07, 6.45) is 5.20. The Kier molecular flexibility index (Phi) is 3.83. The third kappa shape index (κ3) is 3.24. The van der Waals surface area contributed by atoms with E-state index in [0.717, 1.165) is 18.4 Å². The monoisotopic (exact) mass is 237 g/mol. The van der Waals surface area contributed by atoms with Crippen LogP contribution in [0.3, 0.4) is 0 Å². The summed E-state index contributed by atoms with van der Waals surface area (Å²) in [5, 5.41) is 3.78. The first-order chi connectivity index (χ1) is 7.74. The first-order valence-electron chi connectivity index (χ1n) is 5.78. The molecule has 1 N–H and O–H groups in total. The summed E-state index contributed by atoms with van der Waals surface area (Å²) in [4.78, 5) is 11.7. The van der Waals surface area contributed by atoms with Crippen molar-refractivity contribution in [2.24, 2.45) is 0 Å². The largest absolute Gasteiger partial charge is 0.353 e. The highest BCUT2D eigenvalue weighted by molar-refractivity contribution is 6.30. The van der Waals surface area contributed by atoms with Crippen molar-refractivity contribution in [3.05, 3.63) is 34.9 Å². The van der Waals surface area contributed by atoms with Gasteiger partial charge in [-0.1, -0.05) is 36.6 Å². The Morgan fingerprint density at radius 2 is 1.88 bits per heavy atom. The van der Waals surface area contributed by atoms with Crippen molar-refractivity contribution in [1.82, 2.24) is 5.32 Å². The fraction of sp³-hybridized carbons (Fsp3) is 0.462. The minimum absolute atomic E-state index is 0.120. The van der Waals surface area contributed by atoms with E-state index in [4.69, 9.17) is 11.6 Å². The molecule has 0 unspecified atom stereocenters. The van der Waals surface area contributed by atoms with Gasteiger partial charge in [-0.15, -0.1) is 0 Å². The second kappa shape index (κ2) is 5.35. The number of rotatable bonds is 3. The lowest BCUT2D eigenvalue weighted by molar-refractivity contribution is -0.121. The summed E-state index contributed by atoms with van der Waals surface area (Å²) in [6.45, 7) is 0. The van der Waals surface area contributed by atoms with Crippen molar-refractivity contribution in [1.29, 1.82) is 0 Å². The molecule has 0 atom stereocenters. The van der Waals surface area contributed by atoms with Gasteiger partial charge in [0.25, 0.3) is 0 Å². The van der Waals surface area contributed by atoms with Crippen LogP contribution in [0.2, 0.25) is 5.02 Å². The molecule has 0 heterocycles. The molecule has 1 fully saturated rings. The average Bonchev–Trinajstić information content (AvgIpc) is 2.74. The second-order valence-electron chi connectivity index (χ2n) is 4.35.